The van der Waals surface area contributed by atoms with Gasteiger partial charge in [0.2, 0.25) is 0 Å². The van der Waals surface area contributed by atoms with E-state index in [0.29, 0.717) is 5.84 Å². The van der Waals surface area contributed by atoms with Crippen LogP contribution in [-0.2, 0) is 4.74 Å². The maximum atomic E-state index is 5.53. The third-order valence-corrected chi connectivity index (χ3v) is 2.12. The van der Waals surface area contributed by atoms with Crippen LogP contribution in [0.2, 0.25) is 0 Å². The van der Waals surface area contributed by atoms with E-state index < -0.39 is 0 Å². The Hall–Kier alpha value is -1.29. The van der Waals surface area contributed by atoms with Gasteiger partial charge in [0.05, 0.1) is 13.2 Å². The molecule has 78 valence electrons. The van der Waals surface area contributed by atoms with Crippen LogP contribution in [0.3, 0.4) is 0 Å². The van der Waals surface area contributed by atoms with Gasteiger partial charge in [0.15, 0.2) is 0 Å². The minimum atomic E-state index is 0.513. The number of rotatable bonds is 3. The number of nitrogens with zero attached hydrogens (tertiary/aromatic N) is 2. The number of hydrogen-bond donors (Lipinski definition) is 1. The van der Waals surface area contributed by atoms with Gasteiger partial charge in [-0.1, -0.05) is 6.58 Å². The first kappa shape index (κ1) is 10.8. The average molecular weight is 195 g/mol. The van der Waals surface area contributed by atoms with Gasteiger partial charge in [0.25, 0.3) is 0 Å². The Balaban J connectivity index is 2.44. The Morgan fingerprint density at radius 1 is 1.43 bits per heavy atom. The topological polar surface area (TPSA) is 50.8 Å². The van der Waals surface area contributed by atoms with Crippen molar-refractivity contribution in [1.82, 2.24) is 4.90 Å². The quantitative estimate of drug-likeness (QED) is 0.402. The third kappa shape index (κ3) is 3.22. The van der Waals surface area contributed by atoms with E-state index in [-0.39, 0.29) is 0 Å². The molecule has 14 heavy (non-hydrogen) atoms. The lowest BCUT2D eigenvalue weighted by Gasteiger charge is -2.28. The second-order valence-electron chi connectivity index (χ2n) is 3.07. The van der Waals surface area contributed by atoms with Gasteiger partial charge < -0.3 is 15.4 Å². The Morgan fingerprint density at radius 3 is 2.64 bits per heavy atom. The monoisotopic (exact) mass is 195 g/mol. The van der Waals surface area contributed by atoms with Crippen LogP contribution in [0, 0.1) is 0 Å². The first-order valence-corrected chi connectivity index (χ1v) is 4.66. The van der Waals surface area contributed by atoms with Gasteiger partial charge in [0.1, 0.15) is 5.84 Å². The van der Waals surface area contributed by atoms with E-state index >= 15 is 0 Å². The van der Waals surface area contributed by atoms with Crippen molar-refractivity contribution < 1.29 is 4.74 Å². The molecule has 2 N–H and O–H groups in total. The maximum Gasteiger partial charge on any atom is 0.117 e. The molecule has 1 aliphatic rings. The van der Waals surface area contributed by atoms with Gasteiger partial charge in [-0.25, -0.2) is 0 Å². The van der Waals surface area contributed by atoms with E-state index in [1.54, 1.807) is 13.1 Å². The molecule has 0 atom stereocenters. The molecule has 4 heteroatoms. The van der Waals surface area contributed by atoms with Crippen LogP contribution in [0.1, 0.15) is 0 Å². The average Bonchev–Trinajstić information content (AvgIpc) is 2.26. The zero-order valence-electron chi connectivity index (χ0n) is 8.57. The number of amidine groups is 1. The summed E-state index contributed by atoms with van der Waals surface area (Å²) in [5.41, 5.74) is 6.49. The summed E-state index contributed by atoms with van der Waals surface area (Å²) < 4.78 is 5.24. The second-order valence-corrected chi connectivity index (χ2v) is 3.07. The summed E-state index contributed by atoms with van der Waals surface area (Å²) in [7, 11) is 1.66. The van der Waals surface area contributed by atoms with E-state index in [2.05, 4.69) is 16.5 Å². The Kier molecular flexibility index (Phi) is 4.19. The molecule has 0 saturated carbocycles. The van der Waals surface area contributed by atoms with E-state index in [0.717, 1.165) is 32.0 Å². The number of ether oxygens (including phenoxy) is 1. The summed E-state index contributed by atoms with van der Waals surface area (Å²) in [6, 6.07) is 0. The molecule has 0 aromatic rings. The van der Waals surface area contributed by atoms with Crippen molar-refractivity contribution in [3.8, 4) is 0 Å². The largest absolute Gasteiger partial charge is 0.384 e. The van der Waals surface area contributed by atoms with Crippen LogP contribution in [0.15, 0.2) is 29.4 Å². The molecular weight excluding hydrogens is 178 g/mol. The molecule has 0 unspecified atom stereocenters. The smallest absolute Gasteiger partial charge is 0.117 e. The predicted octanol–water partition coefficient (Wildman–Crippen LogP) is 0.375. The summed E-state index contributed by atoms with van der Waals surface area (Å²) in [4.78, 5) is 6.00. The lowest BCUT2D eigenvalue weighted by molar-refractivity contribution is 0.0556. The zero-order valence-corrected chi connectivity index (χ0v) is 8.57. The minimum Gasteiger partial charge on any atom is -0.384 e. The number of hydrogen-bond acceptors (Lipinski definition) is 3. The molecule has 1 rings (SSSR count). The van der Waals surface area contributed by atoms with Gasteiger partial charge >= 0.3 is 0 Å². The molecule has 1 heterocycles. The van der Waals surface area contributed by atoms with Gasteiger partial charge in [-0.3, -0.25) is 4.99 Å². The fraction of sp³-hybridized carbons (Fsp3) is 0.500. The predicted molar refractivity (Wildman–Crippen MR) is 58.2 cm³/mol. The molecule has 0 spiro atoms. The molecular formula is C10H17N3O. The molecule has 1 aliphatic heterocycles. The van der Waals surface area contributed by atoms with Crippen molar-refractivity contribution in [2.24, 2.45) is 10.7 Å². The first-order chi connectivity index (χ1) is 6.74. The zero-order chi connectivity index (χ0) is 10.4. The summed E-state index contributed by atoms with van der Waals surface area (Å²) in [5.74, 6) is 0.513. The van der Waals surface area contributed by atoms with E-state index in [1.807, 2.05) is 6.08 Å². The molecule has 0 amide bonds. The van der Waals surface area contributed by atoms with Crippen LogP contribution >= 0.6 is 0 Å². The van der Waals surface area contributed by atoms with Gasteiger partial charge in [-0.05, 0) is 12.2 Å². The lowest BCUT2D eigenvalue weighted by atomic mass is 10.3. The number of nitrogens with two attached hydrogens (primary N) is 1. The van der Waals surface area contributed by atoms with Gasteiger partial charge in [0, 0.05) is 25.8 Å². The van der Waals surface area contributed by atoms with Crippen molar-refractivity contribution >= 4 is 5.84 Å². The SMILES string of the molecule is C=C(/C=C\C(N)=NC)N1CCOCC1. The molecule has 0 aliphatic carbocycles. The molecule has 0 aromatic heterocycles. The van der Waals surface area contributed by atoms with E-state index in [4.69, 9.17) is 10.5 Å². The molecule has 4 nitrogen and oxygen atoms in total. The normalized spacial score (nSPS) is 18.9. The van der Waals surface area contributed by atoms with Crippen molar-refractivity contribution in [3.63, 3.8) is 0 Å². The second kappa shape index (κ2) is 5.44. The third-order valence-electron chi connectivity index (χ3n) is 2.12. The highest BCUT2D eigenvalue weighted by atomic mass is 16.5. The van der Waals surface area contributed by atoms with Gasteiger partial charge in [-0.15, -0.1) is 0 Å². The standard InChI is InChI=1S/C10H17N3O/c1-9(3-4-10(11)12-2)13-5-7-14-8-6-13/h3-4H,1,5-8H2,2H3,(H2,11,12)/b4-3-. The first-order valence-electron chi connectivity index (χ1n) is 4.66. The molecule has 0 bridgehead atoms. The fourth-order valence-corrected chi connectivity index (χ4v) is 1.21. The Bertz CT molecular complexity index is 252. The summed E-state index contributed by atoms with van der Waals surface area (Å²) in [6.45, 7) is 7.28. The molecule has 0 radical (unpaired) electrons. The van der Waals surface area contributed by atoms with Crippen LogP contribution in [-0.4, -0.2) is 44.1 Å². The van der Waals surface area contributed by atoms with Gasteiger partial charge in [-0.2, -0.15) is 0 Å². The molecule has 0 aromatic carbocycles. The van der Waals surface area contributed by atoms with Crippen molar-refractivity contribution in [2.75, 3.05) is 33.4 Å². The highest BCUT2D eigenvalue weighted by molar-refractivity contribution is 5.91. The number of aliphatic imine (C=N–C) groups is 1. The van der Waals surface area contributed by atoms with Crippen molar-refractivity contribution in [3.05, 3.63) is 24.4 Å². The highest BCUT2D eigenvalue weighted by Crippen LogP contribution is 2.06. The fourth-order valence-electron chi connectivity index (χ4n) is 1.21. The Labute approximate surface area is 84.7 Å². The summed E-state index contributed by atoms with van der Waals surface area (Å²) >= 11 is 0. The van der Waals surface area contributed by atoms with E-state index in [1.165, 1.54) is 0 Å². The van der Waals surface area contributed by atoms with Crippen molar-refractivity contribution in [2.45, 2.75) is 0 Å². The summed E-state index contributed by atoms with van der Waals surface area (Å²) in [5, 5.41) is 0. The molecule has 1 saturated heterocycles. The minimum absolute atomic E-state index is 0.513. The highest BCUT2D eigenvalue weighted by Gasteiger charge is 2.09. The maximum absolute atomic E-state index is 5.53. The number of allylic oxidation sites excluding steroid dienone is 1. The van der Waals surface area contributed by atoms with E-state index in [9.17, 15) is 0 Å². The summed E-state index contributed by atoms with van der Waals surface area (Å²) in [6.07, 6.45) is 3.64. The molecule has 1 fully saturated rings. The van der Waals surface area contributed by atoms with Crippen LogP contribution < -0.4 is 5.73 Å². The van der Waals surface area contributed by atoms with Crippen LogP contribution in [0.25, 0.3) is 0 Å². The number of morpholine rings is 1. The Morgan fingerprint density at radius 2 is 2.07 bits per heavy atom. The van der Waals surface area contributed by atoms with Crippen molar-refractivity contribution in [1.29, 1.82) is 0 Å². The van der Waals surface area contributed by atoms with Crippen LogP contribution in [0.4, 0.5) is 0 Å². The van der Waals surface area contributed by atoms with Crippen LogP contribution in [0.5, 0.6) is 0 Å². The lowest BCUT2D eigenvalue weighted by Crippen LogP contribution is -2.34.